The SMILES string of the molecule is CCC(C)n1nnnc1Br. The van der Waals surface area contributed by atoms with E-state index in [1.54, 1.807) is 4.68 Å². The Hall–Kier alpha value is -0.450. The predicted octanol–water partition coefficient (Wildman–Crippen LogP) is 1.41. The topological polar surface area (TPSA) is 43.6 Å². The van der Waals surface area contributed by atoms with Gasteiger partial charge in [-0.15, -0.1) is 5.10 Å². The molecule has 1 heterocycles. The van der Waals surface area contributed by atoms with Crippen LogP contribution in [0.5, 0.6) is 0 Å². The van der Waals surface area contributed by atoms with Crippen LogP contribution in [-0.4, -0.2) is 20.2 Å². The summed E-state index contributed by atoms with van der Waals surface area (Å²) in [6, 6.07) is 0.365. The van der Waals surface area contributed by atoms with Gasteiger partial charge in [0.1, 0.15) is 0 Å². The van der Waals surface area contributed by atoms with Crippen LogP contribution in [-0.2, 0) is 0 Å². The lowest BCUT2D eigenvalue weighted by molar-refractivity contribution is 0.456. The molecule has 1 rings (SSSR count). The molecule has 0 amide bonds. The minimum atomic E-state index is 0.365. The highest BCUT2D eigenvalue weighted by molar-refractivity contribution is 9.10. The van der Waals surface area contributed by atoms with Crippen LogP contribution >= 0.6 is 15.9 Å². The molecule has 0 aliphatic heterocycles. The Morgan fingerprint density at radius 1 is 1.70 bits per heavy atom. The molecule has 1 aromatic rings. The summed E-state index contributed by atoms with van der Waals surface area (Å²) in [6.45, 7) is 4.17. The maximum atomic E-state index is 3.80. The second kappa shape index (κ2) is 3.09. The molecule has 0 saturated heterocycles. The van der Waals surface area contributed by atoms with Crippen molar-refractivity contribution < 1.29 is 0 Å². The van der Waals surface area contributed by atoms with Gasteiger partial charge in [0.25, 0.3) is 0 Å². The summed E-state index contributed by atoms with van der Waals surface area (Å²) in [6.07, 6.45) is 1.03. The first kappa shape index (κ1) is 7.65. The highest BCUT2D eigenvalue weighted by atomic mass is 79.9. The molecule has 5 heteroatoms. The Bertz CT molecular complexity index is 209. The number of nitrogens with zero attached hydrogens (tertiary/aromatic N) is 4. The molecule has 1 aromatic heterocycles. The van der Waals surface area contributed by atoms with Crippen LogP contribution in [0.15, 0.2) is 4.73 Å². The highest BCUT2D eigenvalue weighted by Crippen LogP contribution is 2.12. The molecule has 0 radical (unpaired) electrons. The van der Waals surface area contributed by atoms with Crippen molar-refractivity contribution in [1.82, 2.24) is 20.2 Å². The summed E-state index contributed by atoms with van der Waals surface area (Å²) in [4.78, 5) is 0. The molecule has 56 valence electrons. The fourth-order valence-corrected chi connectivity index (χ4v) is 1.12. The van der Waals surface area contributed by atoms with E-state index >= 15 is 0 Å². The van der Waals surface area contributed by atoms with Crippen molar-refractivity contribution in [3.05, 3.63) is 4.73 Å². The zero-order chi connectivity index (χ0) is 7.56. The van der Waals surface area contributed by atoms with E-state index in [1.165, 1.54) is 0 Å². The van der Waals surface area contributed by atoms with Crippen molar-refractivity contribution in [3.63, 3.8) is 0 Å². The quantitative estimate of drug-likeness (QED) is 0.732. The maximum absolute atomic E-state index is 3.80. The van der Waals surface area contributed by atoms with Crippen LogP contribution in [0.3, 0.4) is 0 Å². The lowest BCUT2D eigenvalue weighted by Gasteiger charge is -2.06. The third kappa shape index (κ3) is 1.34. The van der Waals surface area contributed by atoms with Gasteiger partial charge in [0.2, 0.25) is 4.73 Å². The zero-order valence-corrected chi connectivity index (χ0v) is 7.54. The van der Waals surface area contributed by atoms with Crippen LogP contribution in [0.4, 0.5) is 0 Å². The van der Waals surface area contributed by atoms with Crippen LogP contribution in [0.1, 0.15) is 26.3 Å². The van der Waals surface area contributed by atoms with E-state index in [9.17, 15) is 0 Å². The van der Waals surface area contributed by atoms with Gasteiger partial charge in [0.15, 0.2) is 0 Å². The van der Waals surface area contributed by atoms with E-state index in [0.29, 0.717) is 10.8 Å². The summed E-state index contributed by atoms with van der Waals surface area (Å²) < 4.78 is 2.45. The molecule has 0 fully saturated rings. The Kier molecular flexibility index (Phi) is 2.37. The summed E-state index contributed by atoms with van der Waals surface area (Å²) >= 11 is 3.23. The number of rotatable bonds is 2. The maximum Gasteiger partial charge on any atom is 0.218 e. The van der Waals surface area contributed by atoms with E-state index in [4.69, 9.17) is 0 Å². The van der Waals surface area contributed by atoms with Crippen LogP contribution in [0, 0.1) is 0 Å². The van der Waals surface area contributed by atoms with Crippen molar-refractivity contribution >= 4 is 15.9 Å². The van der Waals surface area contributed by atoms with Gasteiger partial charge in [-0.2, -0.15) is 0 Å². The Labute approximate surface area is 67.7 Å². The lowest BCUT2D eigenvalue weighted by Crippen LogP contribution is -2.05. The lowest BCUT2D eigenvalue weighted by atomic mass is 10.3. The Morgan fingerprint density at radius 3 is 2.80 bits per heavy atom. The molecule has 10 heavy (non-hydrogen) atoms. The number of halogens is 1. The smallest absolute Gasteiger partial charge is 0.217 e. The number of hydrogen-bond acceptors (Lipinski definition) is 3. The Balaban J connectivity index is 2.82. The number of hydrogen-bond donors (Lipinski definition) is 0. The molecule has 0 spiro atoms. The van der Waals surface area contributed by atoms with Crippen molar-refractivity contribution in [2.24, 2.45) is 0 Å². The third-order valence-electron chi connectivity index (χ3n) is 1.46. The van der Waals surface area contributed by atoms with Gasteiger partial charge in [0, 0.05) is 0 Å². The zero-order valence-electron chi connectivity index (χ0n) is 5.95. The van der Waals surface area contributed by atoms with Crippen LogP contribution in [0.25, 0.3) is 0 Å². The van der Waals surface area contributed by atoms with Gasteiger partial charge in [-0.05, 0) is 39.7 Å². The standard InChI is InChI=1S/C5H9BrN4/c1-3-4(2)10-5(6)7-8-9-10/h4H,3H2,1-2H3. The second-order valence-electron chi connectivity index (χ2n) is 2.15. The molecule has 4 nitrogen and oxygen atoms in total. The third-order valence-corrected chi connectivity index (χ3v) is 1.98. The summed E-state index contributed by atoms with van der Waals surface area (Å²) in [5, 5.41) is 11.0. The Morgan fingerprint density at radius 2 is 2.40 bits per heavy atom. The number of aromatic nitrogens is 4. The van der Waals surface area contributed by atoms with Crippen LogP contribution < -0.4 is 0 Å². The van der Waals surface area contributed by atoms with Crippen molar-refractivity contribution in [3.8, 4) is 0 Å². The predicted molar refractivity (Wildman–Crippen MR) is 40.5 cm³/mol. The molecule has 1 atom stereocenters. The first-order valence-corrected chi connectivity index (χ1v) is 3.98. The average Bonchev–Trinajstić information content (AvgIpc) is 2.34. The largest absolute Gasteiger partial charge is 0.218 e. The van der Waals surface area contributed by atoms with Gasteiger partial charge in [0.05, 0.1) is 6.04 Å². The fourth-order valence-electron chi connectivity index (χ4n) is 0.626. The fraction of sp³-hybridized carbons (Fsp3) is 0.800. The van der Waals surface area contributed by atoms with E-state index in [-0.39, 0.29) is 0 Å². The van der Waals surface area contributed by atoms with Crippen molar-refractivity contribution in [2.75, 3.05) is 0 Å². The first-order chi connectivity index (χ1) is 4.75. The normalized spacial score (nSPS) is 13.5. The van der Waals surface area contributed by atoms with Crippen LogP contribution in [0.2, 0.25) is 0 Å². The van der Waals surface area contributed by atoms with Crippen molar-refractivity contribution in [2.45, 2.75) is 26.3 Å². The molecular formula is C5H9BrN4. The van der Waals surface area contributed by atoms with E-state index in [2.05, 4.69) is 45.3 Å². The van der Waals surface area contributed by atoms with Gasteiger partial charge in [-0.3, -0.25) is 0 Å². The molecule has 0 aliphatic carbocycles. The molecule has 0 aromatic carbocycles. The average molecular weight is 205 g/mol. The summed E-state index contributed by atoms with van der Waals surface area (Å²) in [5.41, 5.74) is 0. The second-order valence-corrected chi connectivity index (χ2v) is 2.86. The van der Waals surface area contributed by atoms with Gasteiger partial charge >= 0.3 is 0 Å². The monoisotopic (exact) mass is 204 g/mol. The van der Waals surface area contributed by atoms with E-state index in [0.717, 1.165) is 6.42 Å². The van der Waals surface area contributed by atoms with Gasteiger partial charge in [-0.25, -0.2) is 4.68 Å². The molecule has 0 N–H and O–H groups in total. The van der Waals surface area contributed by atoms with E-state index in [1.807, 2.05) is 0 Å². The summed E-state index contributed by atoms with van der Waals surface area (Å²) in [7, 11) is 0. The summed E-state index contributed by atoms with van der Waals surface area (Å²) in [5.74, 6) is 0. The molecule has 0 bridgehead atoms. The minimum Gasteiger partial charge on any atom is -0.217 e. The van der Waals surface area contributed by atoms with Crippen molar-refractivity contribution in [1.29, 1.82) is 0 Å². The van der Waals surface area contributed by atoms with Gasteiger partial charge in [-0.1, -0.05) is 6.92 Å². The molecular weight excluding hydrogens is 196 g/mol. The van der Waals surface area contributed by atoms with E-state index < -0.39 is 0 Å². The first-order valence-electron chi connectivity index (χ1n) is 3.19. The molecule has 0 saturated carbocycles. The highest BCUT2D eigenvalue weighted by Gasteiger charge is 2.06. The minimum absolute atomic E-state index is 0.365. The number of tetrazole rings is 1. The van der Waals surface area contributed by atoms with Gasteiger partial charge < -0.3 is 0 Å². The molecule has 1 unspecified atom stereocenters. The molecule has 0 aliphatic rings.